The summed E-state index contributed by atoms with van der Waals surface area (Å²) in [5, 5.41) is 9.56. The van der Waals surface area contributed by atoms with Gasteiger partial charge in [-0.25, -0.2) is 4.79 Å². The molecule has 0 aliphatic heterocycles. The molecule has 3 aromatic rings. The zero-order valence-corrected chi connectivity index (χ0v) is 9.90. The molecular formula is C12H8N2O3S. The van der Waals surface area contributed by atoms with E-state index in [0.717, 1.165) is 10.4 Å². The van der Waals surface area contributed by atoms with E-state index < -0.39 is 11.2 Å². The van der Waals surface area contributed by atoms with E-state index in [1.807, 2.05) is 30.3 Å². The number of benzene rings is 1. The van der Waals surface area contributed by atoms with Crippen molar-refractivity contribution < 1.29 is 5.21 Å². The quantitative estimate of drug-likeness (QED) is 0.653. The van der Waals surface area contributed by atoms with Crippen LogP contribution in [-0.4, -0.2) is 14.9 Å². The Labute approximate surface area is 105 Å². The molecule has 0 aliphatic rings. The fraction of sp³-hybridized carbons (Fsp3) is 0. The van der Waals surface area contributed by atoms with Crippen LogP contribution in [0, 0.1) is 0 Å². The highest BCUT2D eigenvalue weighted by molar-refractivity contribution is 7.21. The maximum absolute atomic E-state index is 11.7. The molecule has 3 rings (SSSR count). The largest absolute Gasteiger partial charge is 0.421 e. The van der Waals surface area contributed by atoms with E-state index in [1.165, 1.54) is 11.3 Å². The van der Waals surface area contributed by atoms with Gasteiger partial charge in [-0.15, -0.1) is 11.3 Å². The Hall–Kier alpha value is -2.34. The maximum atomic E-state index is 11.7. The van der Waals surface area contributed by atoms with Crippen LogP contribution in [0.4, 0.5) is 0 Å². The molecule has 5 nitrogen and oxygen atoms in total. The van der Waals surface area contributed by atoms with Gasteiger partial charge in [-0.1, -0.05) is 35.1 Å². The Morgan fingerprint density at radius 3 is 2.61 bits per heavy atom. The Morgan fingerprint density at radius 1 is 1.17 bits per heavy atom. The van der Waals surface area contributed by atoms with Gasteiger partial charge in [-0.2, -0.15) is 0 Å². The summed E-state index contributed by atoms with van der Waals surface area (Å²) in [6, 6.07) is 11.2. The highest BCUT2D eigenvalue weighted by Crippen LogP contribution is 2.29. The lowest BCUT2D eigenvalue weighted by Gasteiger charge is -1.93. The van der Waals surface area contributed by atoms with Gasteiger partial charge in [0.05, 0.1) is 5.39 Å². The minimum absolute atomic E-state index is 0.0871. The number of hydrogen-bond acceptors (Lipinski definition) is 4. The van der Waals surface area contributed by atoms with Gasteiger partial charge in [-0.05, 0) is 11.6 Å². The summed E-state index contributed by atoms with van der Waals surface area (Å²) in [6.07, 6.45) is 0. The first-order chi connectivity index (χ1) is 8.66. The normalized spacial score (nSPS) is 10.9. The van der Waals surface area contributed by atoms with Crippen LogP contribution < -0.4 is 11.2 Å². The molecule has 0 spiro atoms. The standard InChI is InChI=1S/C12H8N2O3S/c15-11-8-6-9(7-4-2-1-3-5-7)18-10(8)13-12(16)14(11)17/h1-6,17H,(H,13,16). The molecule has 2 heterocycles. The molecule has 0 fully saturated rings. The van der Waals surface area contributed by atoms with Gasteiger partial charge in [0.1, 0.15) is 4.83 Å². The molecule has 0 aliphatic carbocycles. The number of H-pyrrole nitrogens is 1. The minimum atomic E-state index is -0.825. The lowest BCUT2D eigenvalue weighted by atomic mass is 10.2. The fourth-order valence-electron chi connectivity index (χ4n) is 1.74. The molecule has 0 saturated heterocycles. The number of hydrogen-bond donors (Lipinski definition) is 2. The minimum Gasteiger partial charge on any atom is -0.421 e. The summed E-state index contributed by atoms with van der Waals surface area (Å²) < 4.78 is 0.0871. The van der Waals surface area contributed by atoms with Gasteiger partial charge in [-0.3, -0.25) is 9.78 Å². The summed E-state index contributed by atoms with van der Waals surface area (Å²) in [5.41, 5.74) is -0.565. The molecule has 2 N–H and O–H groups in total. The van der Waals surface area contributed by atoms with E-state index >= 15 is 0 Å². The van der Waals surface area contributed by atoms with Crippen LogP contribution in [0.15, 0.2) is 46.0 Å². The summed E-state index contributed by atoms with van der Waals surface area (Å²) in [5.74, 6) is 0. The van der Waals surface area contributed by atoms with Crippen molar-refractivity contribution in [3.63, 3.8) is 0 Å². The van der Waals surface area contributed by atoms with Crippen molar-refractivity contribution in [2.45, 2.75) is 0 Å². The fourth-order valence-corrected chi connectivity index (χ4v) is 2.79. The second-order valence-electron chi connectivity index (χ2n) is 3.77. The first-order valence-corrected chi connectivity index (χ1v) is 6.02. The summed E-state index contributed by atoms with van der Waals surface area (Å²) in [6.45, 7) is 0. The Kier molecular flexibility index (Phi) is 2.31. The van der Waals surface area contributed by atoms with Crippen molar-refractivity contribution in [2.75, 3.05) is 0 Å². The van der Waals surface area contributed by atoms with Gasteiger partial charge in [0, 0.05) is 4.88 Å². The van der Waals surface area contributed by atoms with E-state index in [4.69, 9.17) is 0 Å². The predicted molar refractivity (Wildman–Crippen MR) is 69.3 cm³/mol. The van der Waals surface area contributed by atoms with Crippen molar-refractivity contribution in [3.8, 4) is 10.4 Å². The summed E-state index contributed by atoms with van der Waals surface area (Å²) >= 11 is 1.31. The zero-order chi connectivity index (χ0) is 12.7. The van der Waals surface area contributed by atoms with Gasteiger partial charge in [0.15, 0.2) is 0 Å². The molecule has 0 bridgehead atoms. The molecule has 18 heavy (non-hydrogen) atoms. The Morgan fingerprint density at radius 2 is 1.89 bits per heavy atom. The molecule has 0 radical (unpaired) electrons. The number of thiophene rings is 1. The van der Waals surface area contributed by atoms with Crippen molar-refractivity contribution >= 4 is 21.6 Å². The molecule has 2 aromatic heterocycles. The van der Waals surface area contributed by atoms with Crippen LogP contribution in [0.1, 0.15) is 0 Å². The average Bonchev–Trinajstić information content (AvgIpc) is 2.81. The molecule has 1 aromatic carbocycles. The Bertz CT molecular complexity index is 830. The average molecular weight is 260 g/mol. The van der Waals surface area contributed by atoms with Crippen LogP contribution in [0.3, 0.4) is 0 Å². The smallest absolute Gasteiger partial charge is 0.362 e. The van der Waals surface area contributed by atoms with E-state index in [2.05, 4.69) is 4.98 Å². The second kappa shape index (κ2) is 3.85. The zero-order valence-electron chi connectivity index (χ0n) is 9.08. The van der Waals surface area contributed by atoms with Gasteiger partial charge < -0.3 is 5.21 Å². The van der Waals surface area contributed by atoms with Crippen molar-refractivity contribution in [3.05, 3.63) is 57.2 Å². The molecule has 90 valence electrons. The van der Waals surface area contributed by atoms with E-state index in [1.54, 1.807) is 6.07 Å². The summed E-state index contributed by atoms with van der Waals surface area (Å²) in [4.78, 5) is 26.8. The third-order valence-electron chi connectivity index (χ3n) is 2.63. The van der Waals surface area contributed by atoms with Crippen LogP contribution in [-0.2, 0) is 0 Å². The Balaban J connectivity index is 2.34. The number of nitrogens with zero attached hydrogens (tertiary/aromatic N) is 1. The van der Waals surface area contributed by atoms with E-state index in [0.29, 0.717) is 10.2 Å². The lowest BCUT2D eigenvalue weighted by Crippen LogP contribution is -2.32. The second-order valence-corrected chi connectivity index (χ2v) is 4.82. The molecule has 0 unspecified atom stereocenters. The predicted octanol–water partition coefficient (Wildman–Crippen LogP) is 1.66. The SMILES string of the molecule is O=c1[nH]c2sc(-c3ccccc3)cc2c(=O)n1O. The molecule has 0 atom stereocenters. The van der Waals surface area contributed by atoms with Crippen molar-refractivity contribution in [1.29, 1.82) is 0 Å². The highest BCUT2D eigenvalue weighted by Gasteiger charge is 2.11. The third kappa shape index (κ3) is 1.54. The molecule has 0 saturated carbocycles. The third-order valence-corrected chi connectivity index (χ3v) is 3.73. The van der Waals surface area contributed by atoms with Gasteiger partial charge >= 0.3 is 5.69 Å². The van der Waals surface area contributed by atoms with Gasteiger partial charge in [0.2, 0.25) is 0 Å². The van der Waals surface area contributed by atoms with Gasteiger partial charge in [0.25, 0.3) is 5.56 Å². The molecular weight excluding hydrogens is 252 g/mol. The van der Waals surface area contributed by atoms with Crippen LogP contribution >= 0.6 is 11.3 Å². The first-order valence-electron chi connectivity index (χ1n) is 5.20. The van der Waals surface area contributed by atoms with Crippen LogP contribution in [0.5, 0.6) is 0 Å². The monoisotopic (exact) mass is 260 g/mol. The lowest BCUT2D eigenvalue weighted by molar-refractivity contribution is 0.162. The highest BCUT2D eigenvalue weighted by atomic mass is 32.1. The number of aromatic nitrogens is 2. The van der Waals surface area contributed by atoms with E-state index in [9.17, 15) is 14.8 Å². The van der Waals surface area contributed by atoms with E-state index in [-0.39, 0.29) is 4.73 Å². The van der Waals surface area contributed by atoms with Crippen LogP contribution in [0.25, 0.3) is 20.7 Å². The summed E-state index contributed by atoms with van der Waals surface area (Å²) in [7, 11) is 0. The maximum Gasteiger partial charge on any atom is 0.362 e. The van der Waals surface area contributed by atoms with Crippen molar-refractivity contribution in [2.24, 2.45) is 0 Å². The molecule has 6 heteroatoms. The topological polar surface area (TPSA) is 75.1 Å². The van der Waals surface area contributed by atoms with Crippen LogP contribution in [0.2, 0.25) is 0 Å². The van der Waals surface area contributed by atoms with Crippen molar-refractivity contribution in [1.82, 2.24) is 9.71 Å². The first kappa shape index (κ1) is 10.8. The number of nitrogens with one attached hydrogen (secondary N) is 1. The number of aromatic amines is 1. The number of fused-ring (bicyclic) bond motifs is 1. The number of rotatable bonds is 1. The molecule has 0 amide bonds.